The molecule has 0 amide bonds. The van der Waals surface area contributed by atoms with E-state index in [9.17, 15) is 9.90 Å². The summed E-state index contributed by atoms with van der Waals surface area (Å²) in [7, 11) is 0. The molecular weight excluding hydrogens is 198 g/mol. The van der Waals surface area contributed by atoms with Gasteiger partial charge in [0, 0.05) is 5.39 Å². The van der Waals surface area contributed by atoms with Crippen LogP contribution < -0.4 is 0 Å². The molecular formula is C10H9NO4. The van der Waals surface area contributed by atoms with E-state index in [0.717, 1.165) is 11.1 Å². The molecule has 1 atom stereocenters. The average Bonchev–Trinajstić information content (AvgIpc) is 2.59. The molecule has 0 saturated carbocycles. The van der Waals surface area contributed by atoms with Crippen LogP contribution in [-0.4, -0.2) is 21.3 Å². The third kappa shape index (κ3) is 1.57. The zero-order chi connectivity index (χ0) is 11.0. The van der Waals surface area contributed by atoms with Gasteiger partial charge in [-0.1, -0.05) is 11.2 Å². The highest BCUT2D eigenvalue weighted by molar-refractivity contribution is 5.82. The molecule has 0 spiro atoms. The van der Waals surface area contributed by atoms with Crippen LogP contribution in [0, 0.1) is 6.92 Å². The number of hydrogen-bond donors (Lipinski definition) is 2. The van der Waals surface area contributed by atoms with Crippen molar-refractivity contribution in [1.29, 1.82) is 0 Å². The first-order chi connectivity index (χ1) is 7.09. The predicted molar refractivity (Wildman–Crippen MR) is 51.3 cm³/mol. The highest BCUT2D eigenvalue weighted by Crippen LogP contribution is 2.22. The molecule has 5 nitrogen and oxygen atoms in total. The lowest BCUT2D eigenvalue weighted by Crippen LogP contribution is -2.09. The van der Waals surface area contributed by atoms with E-state index in [1.165, 1.54) is 6.07 Å². The highest BCUT2D eigenvalue weighted by Gasteiger charge is 2.17. The van der Waals surface area contributed by atoms with Gasteiger partial charge >= 0.3 is 5.97 Å². The van der Waals surface area contributed by atoms with E-state index in [4.69, 9.17) is 9.63 Å². The molecule has 1 aromatic carbocycles. The second kappa shape index (κ2) is 3.36. The standard InChI is InChI=1S/C10H9NO4/c1-5-7-3-2-6(9(12)10(13)14)4-8(7)15-11-5/h2-4,9,12H,1H3,(H,13,14). The maximum absolute atomic E-state index is 10.5. The van der Waals surface area contributed by atoms with E-state index in [1.54, 1.807) is 19.1 Å². The first kappa shape index (κ1) is 9.67. The molecule has 0 radical (unpaired) electrons. The number of aliphatic hydroxyl groups is 1. The zero-order valence-electron chi connectivity index (χ0n) is 7.97. The van der Waals surface area contributed by atoms with Crippen molar-refractivity contribution >= 4 is 16.9 Å². The molecule has 0 fully saturated rings. The number of rotatable bonds is 2. The van der Waals surface area contributed by atoms with Gasteiger partial charge in [-0.2, -0.15) is 0 Å². The molecule has 2 aromatic rings. The van der Waals surface area contributed by atoms with Gasteiger partial charge in [-0.15, -0.1) is 0 Å². The van der Waals surface area contributed by atoms with E-state index in [2.05, 4.69) is 5.16 Å². The summed E-state index contributed by atoms with van der Waals surface area (Å²) in [5, 5.41) is 22.5. The topological polar surface area (TPSA) is 83.6 Å². The van der Waals surface area contributed by atoms with Gasteiger partial charge in [0.1, 0.15) is 0 Å². The largest absolute Gasteiger partial charge is 0.479 e. The summed E-state index contributed by atoms with van der Waals surface area (Å²) < 4.78 is 4.97. The SMILES string of the molecule is Cc1noc2cc(C(O)C(=O)O)ccc12. The number of benzene rings is 1. The average molecular weight is 207 g/mol. The van der Waals surface area contributed by atoms with Gasteiger partial charge in [0.15, 0.2) is 11.7 Å². The number of carboxylic acids is 1. The Morgan fingerprint density at radius 2 is 2.27 bits per heavy atom. The molecule has 78 valence electrons. The fraction of sp³-hybridized carbons (Fsp3) is 0.200. The van der Waals surface area contributed by atoms with Crippen molar-refractivity contribution in [3.8, 4) is 0 Å². The van der Waals surface area contributed by atoms with Crippen LogP contribution in [0.25, 0.3) is 11.0 Å². The van der Waals surface area contributed by atoms with Gasteiger partial charge in [-0.25, -0.2) is 4.79 Å². The monoisotopic (exact) mass is 207 g/mol. The molecule has 0 aliphatic heterocycles. The molecule has 1 aromatic heterocycles. The van der Waals surface area contributed by atoms with Gasteiger partial charge in [-0.05, 0) is 24.6 Å². The van der Waals surface area contributed by atoms with Gasteiger partial charge in [0.05, 0.1) is 5.69 Å². The number of nitrogens with zero attached hydrogens (tertiary/aromatic N) is 1. The Labute approximate surface area is 84.9 Å². The van der Waals surface area contributed by atoms with Crippen LogP contribution in [0.2, 0.25) is 0 Å². The normalized spacial score (nSPS) is 12.9. The summed E-state index contributed by atoms with van der Waals surface area (Å²) in [6, 6.07) is 4.71. The number of aliphatic carboxylic acids is 1. The van der Waals surface area contributed by atoms with Crippen molar-refractivity contribution in [2.24, 2.45) is 0 Å². The summed E-state index contributed by atoms with van der Waals surface area (Å²) in [6.07, 6.45) is -1.53. The Hall–Kier alpha value is -1.88. The van der Waals surface area contributed by atoms with Crippen molar-refractivity contribution in [2.45, 2.75) is 13.0 Å². The first-order valence-electron chi connectivity index (χ1n) is 4.36. The predicted octanol–water partition coefficient (Wildman–Crippen LogP) is 1.25. The van der Waals surface area contributed by atoms with E-state index >= 15 is 0 Å². The molecule has 15 heavy (non-hydrogen) atoms. The van der Waals surface area contributed by atoms with E-state index < -0.39 is 12.1 Å². The molecule has 0 aliphatic carbocycles. The molecule has 0 saturated heterocycles. The molecule has 2 N–H and O–H groups in total. The Bertz CT molecular complexity index is 517. The number of carboxylic acid groups (broad SMARTS) is 1. The minimum absolute atomic E-state index is 0.283. The summed E-state index contributed by atoms with van der Waals surface area (Å²) in [6.45, 7) is 1.79. The van der Waals surface area contributed by atoms with Gasteiger partial charge in [0.2, 0.25) is 0 Å². The van der Waals surface area contributed by atoms with Crippen LogP contribution in [0.5, 0.6) is 0 Å². The lowest BCUT2D eigenvalue weighted by molar-refractivity contribution is -0.146. The first-order valence-corrected chi connectivity index (χ1v) is 4.36. The zero-order valence-corrected chi connectivity index (χ0v) is 7.97. The third-order valence-electron chi connectivity index (χ3n) is 2.23. The highest BCUT2D eigenvalue weighted by atomic mass is 16.5. The van der Waals surface area contributed by atoms with Crippen molar-refractivity contribution < 1.29 is 19.5 Å². The van der Waals surface area contributed by atoms with Crippen molar-refractivity contribution in [3.63, 3.8) is 0 Å². The van der Waals surface area contributed by atoms with E-state index in [0.29, 0.717) is 5.58 Å². The minimum Gasteiger partial charge on any atom is -0.479 e. The second-order valence-electron chi connectivity index (χ2n) is 3.26. The molecule has 0 aliphatic rings. The number of carbonyl (C=O) groups is 1. The maximum atomic E-state index is 10.5. The lowest BCUT2D eigenvalue weighted by Gasteiger charge is -2.04. The molecule has 1 unspecified atom stereocenters. The number of aryl methyl sites for hydroxylation is 1. The van der Waals surface area contributed by atoms with Crippen LogP contribution in [0.4, 0.5) is 0 Å². The Morgan fingerprint density at radius 3 is 2.93 bits per heavy atom. The maximum Gasteiger partial charge on any atom is 0.337 e. The summed E-state index contributed by atoms with van der Waals surface area (Å²) in [4.78, 5) is 10.5. The minimum atomic E-state index is -1.53. The summed E-state index contributed by atoms with van der Waals surface area (Å²) in [5.74, 6) is -1.29. The quantitative estimate of drug-likeness (QED) is 0.774. The number of hydrogen-bond acceptors (Lipinski definition) is 4. The van der Waals surface area contributed by atoms with Crippen molar-refractivity contribution in [3.05, 3.63) is 29.5 Å². The molecule has 1 heterocycles. The molecule has 5 heteroatoms. The summed E-state index contributed by atoms with van der Waals surface area (Å²) >= 11 is 0. The smallest absolute Gasteiger partial charge is 0.337 e. The Balaban J connectivity index is 2.52. The van der Waals surface area contributed by atoms with Crippen LogP contribution in [-0.2, 0) is 4.79 Å². The van der Waals surface area contributed by atoms with Gasteiger partial charge < -0.3 is 14.7 Å². The van der Waals surface area contributed by atoms with E-state index in [-0.39, 0.29) is 5.56 Å². The third-order valence-corrected chi connectivity index (χ3v) is 2.23. The molecule has 2 rings (SSSR count). The van der Waals surface area contributed by atoms with Crippen molar-refractivity contribution in [2.75, 3.05) is 0 Å². The van der Waals surface area contributed by atoms with Crippen LogP contribution in [0.3, 0.4) is 0 Å². The Morgan fingerprint density at radius 1 is 1.53 bits per heavy atom. The number of fused-ring (bicyclic) bond motifs is 1. The van der Waals surface area contributed by atoms with E-state index in [1.807, 2.05) is 0 Å². The number of aliphatic hydroxyl groups excluding tert-OH is 1. The fourth-order valence-corrected chi connectivity index (χ4v) is 1.39. The van der Waals surface area contributed by atoms with Crippen LogP contribution in [0.15, 0.2) is 22.7 Å². The van der Waals surface area contributed by atoms with Crippen LogP contribution >= 0.6 is 0 Å². The van der Waals surface area contributed by atoms with Gasteiger partial charge in [0.25, 0.3) is 0 Å². The summed E-state index contributed by atoms with van der Waals surface area (Å²) in [5.41, 5.74) is 1.50. The fourth-order valence-electron chi connectivity index (χ4n) is 1.39. The van der Waals surface area contributed by atoms with Crippen LogP contribution in [0.1, 0.15) is 17.4 Å². The second-order valence-corrected chi connectivity index (χ2v) is 3.26. The number of aromatic nitrogens is 1. The lowest BCUT2D eigenvalue weighted by atomic mass is 10.1. The molecule has 0 bridgehead atoms. The van der Waals surface area contributed by atoms with Crippen molar-refractivity contribution in [1.82, 2.24) is 5.16 Å². The van der Waals surface area contributed by atoms with Gasteiger partial charge in [-0.3, -0.25) is 0 Å². The Kier molecular flexibility index (Phi) is 2.17.